The Morgan fingerprint density at radius 2 is 1.83 bits per heavy atom. The van der Waals surface area contributed by atoms with Gasteiger partial charge < -0.3 is 10.2 Å². The molecule has 1 saturated heterocycles. The summed E-state index contributed by atoms with van der Waals surface area (Å²) in [5.41, 5.74) is 1.48. The molecular formula is C20H26N2O2. The lowest BCUT2D eigenvalue weighted by Crippen LogP contribution is -2.47. The van der Waals surface area contributed by atoms with Crippen LogP contribution in [-0.4, -0.2) is 36.3 Å². The van der Waals surface area contributed by atoms with Crippen molar-refractivity contribution in [3.05, 3.63) is 35.9 Å². The van der Waals surface area contributed by atoms with E-state index >= 15 is 0 Å². The van der Waals surface area contributed by atoms with E-state index in [4.69, 9.17) is 0 Å². The number of hydrogen-bond donors (Lipinski definition) is 1. The Morgan fingerprint density at radius 3 is 2.50 bits per heavy atom. The first-order valence-electron chi connectivity index (χ1n) is 9.30. The predicted molar refractivity (Wildman–Crippen MR) is 92.4 cm³/mol. The maximum Gasteiger partial charge on any atom is 0.225 e. The molecule has 128 valence electrons. The zero-order valence-electron chi connectivity index (χ0n) is 14.2. The van der Waals surface area contributed by atoms with Crippen molar-refractivity contribution in [1.29, 1.82) is 0 Å². The van der Waals surface area contributed by atoms with Gasteiger partial charge in [0.1, 0.15) is 0 Å². The normalized spacial score (nSPS) is 25.2. The molecule has 2 amide bonds. The molecule has 4 heteroatoms. The van der Waals surface area contributed by atoms with Crippen LogP contribution in [0, 0.1) is 11.8 Å². The van der Waals surface area contributed by atoms with Crippen molar-refractivity contribution >= 4 is 11.8 Å². The molecule has 1 N–H and O–H groups in total. The summed E-state index contributed by atoms with van der Waals surface area (Å²) in [5.74, 6) is 0.619. The molecule has 3 fully saturated rings. The average Bonchev–Trinajstić information content (AvgIpc) is 3.54. The van der Waals surface area contributed by atoms with Crippen LogP contribution in [0.1, 0.15) is 44.1 Å². The van der Waals surface area contributed by atoms with Crippen molar-refractivity contribution in [3.8, 4) is 0 Å². The Kier molecular flexibility index (Phi) is 4.07. The quantitative estimate of drug-likeness (QED) is 0.904. The van der Waals surface area contributed by atoms with Gasteiger partial charge in [0.15, 0.2) is 0 Å². The van der Waals surface area contributed by atoms with Crippen LogP contribution < -0.4 is 5.32 Å². The van der Waals surface area contributed by atoms with Crippen LogP contribution >= 0.6 is 0 Å². The number of nitrogens with zero attached hydrogens (tertiary/aromatic N) is 1. The van der Waals surface area contributed by atoms with Crippen LogP contribution in [0.2, 0.25) is 0 Å². The zero-order valence-corrected chi connectivity index (χ0v) is 14.2. The fourth-order valence-corrected chi connectivity index (χ4v) is 3.89. The third kappa shape index (κ3) is 3.19. The van der Waals surface area contributed by atoms with E-state index in [1.807, 2.05) is 11.0 Å². The first-order valence-corrected chi connectivity index (χ1v) is 9.30. The van der Waals surface area contributed by atoms with Gasteiger partial charge >= 0.3 is 0 Å². The molecule has 0 spiro atoms. The summed E-state index contributed by atoms with van der Waals surface area (Å²) in [6, 6.07) is 10.5. The fourth-order valence-electron chi connectivity index (χ4n) is 3.89. The van der Waals surface area contributed by atoms with Gasteiger partial charge in [-0.1, -0.05) is 30.3 Å². The van der Waals surface area contributed by atoms with E-state index in [2.05, 4.69) is 29.6 Å². The largest absolute Gasteiger partial charge is 0.355 e. The number of hydrogen-bond acceptors (Lipinski definition) is 2. The van der Waals surface area contributed by atoms with E-state index in [9.17, 15) is 9.59 Å². The molecule has 1 aliphatic heterocycles. The molecule has 4 rings (SSSR count). The SMILES string of the molecule is O=C(NCC1(c2ccccc2)CC1)C1CCCN(C(=O)C2CC2)C1. The highest BCUT2D eigenvalue weighted by Gasteiger charge is 2.44. The Bertz CT molecular complexity index is 620. The summed E-state index contributed by atoms with van der Waals surface area (Å²) in [5, 5.41) is 3.18. The summed E-state index contributed by atoms with van der Waals surface area (Å²) in [7, 11) is 0. The number of rotatable bonds is 5. The molecule has 2 aliphatic carbocycles. The van der Waals surface area contributed by atoms with E-state index in [1.165, 1.54) is 5.56 Å². The second-order valence-electron chi connectivity index (χ2n) is 7.76. The predicted octanol–water partition coefficient (Wildman–Crippen LogP) is 2.48. The Morgan fingerprint density at radius 1 is 1.08 bits per heavy atom. The highest BCUT2D eigenvalue weighted by molar-refractivity contribution is 5.83. The molecular weight excluding hydrogens is 300 g/mol. The molecule has 1 aromatic carbocycles. The lowest BCUT2D eigenvalue weighted by Gasteiger charge is -2.32. The van der Waals surface area contributed by atoms with Gasteiger partial charge in [0.25, 0.3) is 0 Å². The summed E-state index contributed by atoms with van der Waals surface area (Å²) >= 11 is 0. The minimum atomic E-state index is -0.0342. The lowest BCUT2D eigenvalue weighted by atomic mass is 9.94. The Balaban J connectivity index is 1.32. The highest BCUT2D eigenvalue weighted by atomic mass is 16.2. The average molecular weight is 326 g/mol. The molecule has 1 unspecified atom stereocenters. The summed E-state index contributed by atoms with van der Waals surface area (Å²) in [6.07, 6.45) is 6.21. The van der Waals surface area contributed by atoms with Crippen molar-refractivity contribution < 1.29 is 9.59 Å². The van der Waals surface area contributed by atoms with Gasteiger partial charge in [-0.05, 0) is 44.1 Å². The number of nitrogens with one attached hydrogen (secondary N) is 1. The van der Waals surface area contributed by atoms with Gasteiger partial charge in [-0.3, -0.25) is 9.59 Å². The third-order valence-electron chi connectivity index (χ3n) is 5.87. The monoisotopic (exact) mass is 326 g/mol. The number of likely N-dealkylation sites (tertiary alicyclic amines) is 1. The molecule has 2 saturated carbocycles. The molecule has 4 nitrogen and oxygen atoms in total. The van der Waals surface area contributed by atoms with E-state index in [-0.39, 0.29) is 29.1 Å². The Labute approximate surface area is 143 Å². The molecule has 1 aromatic rings. The first kappa shape index (κ1) is 15.7. The molecule has 0 aromatic heterocycles. The minimum Gasteiger partial charge on any atom is -0.355 e. The van der Waals surface area contributed by atoms with Crippen molar-refractivity contribution in [2.75, 3.05) is 19.6 Å². The summed E-state index contributed by atoms with van der Waals surface area (Å²) < 4.78 is 0. The van der Waals surface area contributed by atoms with Crippen molar-refractivity contribution in [2.45, 2.75) is 43.9 Å². The van der Waals surface area contributed by atoms with Crippen LogP contribution in [0.15, 0.2) is 30.3 Å². The molecule has 0 bridgehead atoms. The molecule has 24 heavy (non-hydrogen) atoms. The first-order chi connectivity index (χ1) is 11.7. The van der Waals surface area contributed by atoms with Gasteiger partial charge in [-0.2, -0.15) is 0 Å². The van der Waals surface area contributed by atoms with Crippen LogP contribution in [0.4, 0.5) is 0 Å². The lowest BCUT2D eigenvalue weighted by molar-refractivity contribution is -0.136. The van der Waals surface area contributed by atoms with E-state index < -0.39 is 0 Å². The molecule has 1 atom stereocenters. The Hall–Kier alpha value is -1.84. The maximum absolute atomic E-state index is 12.6. The van der Waals surface area contributed by atoms with Gasteiger partial charge in [-0.15, -0.1) is 0 Å². The van der Waals surface area contributed by atoms with Crippen molar-refractivity contribution in [3.63, 3.8) is 0 Å². The van der Waals surface area contributed by atoms with E-state index in [0.717, 1.165) is 51.6 Å². The fraction of sp³-hybridized carbons (Fsp3) is 0.600. The molecule has 3 aliphatic rings. The van der Waals surface area contributed by atoms with Crippen LogP contribution in [0.3, 0.4) is 0 Å². The molecule has 0 radical (unpaired) electrons. The van der Waals surface area contributed by atoms with Gasteiger partial charge in [-0.25, -0.2) is 0 Å². The number of piperidine rings is 1. The topological polar surface area (TPSA) is 49.4 Å². The van der Waals surface area contributed by atoms with Crippen molar-refractivity contribution in [2.24, 2.45) is 11.8 Å². The van der Waals surface area contributed by atoms with Crippen LogP contribution in [0.25, 0.3) is 0 Å². The number of amides is 2. The van der Waals surface area contributed by atoms with Gasteiger partial charge in [0, 0.05) is 31.0 Å². The number of carbonyl (C=O) groups is 2. The minimum absolute atomic E-state index is 0.0342. The van der Waals surface area contributed by atoms with E-state index in [0.29, 0.717) is 6.54 Å². The second kappa shape index (κ2) is 6.23. The van der Waals surface area contributed by atoms with E-state index in [1.54, 1.807) is 0 Å². The maximum atomic E-state index is 12.6. The molecule has 1 heterocycles. The van der Waals surface area contributed by atoms with Crippen LogP contribution in [-0.2, 0) is 15.0 Å². The van der Waals surface area contributed by atoms with Crippen LogP contribution in [0.5, 0.6) is 0 Å². The number of carbonyl (C=O) groups excluding carboxylic acids is 2. The summed E-state index contributed by atoms with van der Waals surface area (Å²) in [6.45, 7) is 2.16. The third-order valence-corrected chi connectivity index (χ3v) is 5.87. The standard InChI is InChI=1S/C20H26N2O2/c23-18(16-5-4-12-22(13-16)19(24)15-8-9-15)21-14-20(10-11-20)17-6-2-1-3-7-17/h1-3,6-7,15-16H,4-5,8-14H2,(H,21,23). The second-order valence-corrected chi connectivity index (χ2v) is 7.76. The zero-order chi connectivity index (χ0) is 16.6. The highest BCUT2D eigenvalue weighted by Crippen LogP contribution is 2.47. The van der Waals surface area contributed by atoms with Crippen molar-refractivity contribution in [1.82, 2.24) is 10.2 Å². The summed E-state index contributed by atoms with van der Waals surface area (Å²) in [4.78, 5) is 26.8. The van der Waals surface area contributed by atoms with Gasteiger partial charge in [0.2, 0.25) is 11.8 Å². The number of benzene rings is 1. The smallest absolute Gasteiger partial charge is 0.225 e. The van der Waals surface area contributed by atoms with Gasteiger partial charge in [0.05, 0.1) is 5.92 Å².